The summed E-state index contributed by atoms with van der Waals surface area (Å²) in [5.41, 5.74) is 1.38. The third kappa shape index (κ3) is 4.41. The van der Waals surface area contributed by atoms with Crippen molar-refractivity contribution in [2.75, 3.05) is 44.6 Å². The SMILES string of the molecule is CCNc1cnccc1C(=O)NCC1CN(CC)CCO1. The molecule has 0 aromatic carbocycles. The zero-order chi connectivity index (χ0) is 15.1. The molecule has 1 amide bonds. The minimum atomic E-state index is -0.0921. The van der Waals surface area contributed by atoms with Gasteiger partial charge < -0.3 is 15.4 Å². The highest BCUT2D eigenvalue weighted by molar-refractivity contribution is 5.99. The quantitative estimate of drug-likeness (QED) is 0.817. The smallest absolute Gasteiger partial charge is 0.253 e. The van der Waals surface area contributed by atoms with E-state index in [2.05, 4.69) is 27.4 Å². The molecule has 116 valence electrons. The van der Waals surface area contributed by atoms with E-state index >= 15 is 0 Å². The molecule has 0 spiro atoms. The van der Waals surface area contributed by atoms with Crippen molar-refractivity contribution < 1.29 is 9.53 Å². The van der Waals surface area contributed by atoms with Gasteiger partial charge in [-0.1, -0.05) is 6.92 Å². The number of hydrogen-bond acceptors (Lipinski definition) is 5. The summed E-state index contributed by atoms with van der Waals surface area (Å²) in [6, 6.07) is 1.73. The van der Waals surface area contributed by atoms with E-state index in [1.165, 1.54) is 0 Å². The van der Waals surface area contributed by atoms with Gasteiger partial charge in [-0.25, -0.2) is 0 Å². The van der Waals surface area contributed by atoms with Crippen molar-refractivity contribution in [2.45, 2.75) is 20.0 Å². The van der Waals surface area contributed by atoms with Gasteiger partial charge in [-0.15, -0.1) is 0 Å². The van der Waals surface area contributed by atoms with Crippen molar-refractivity contribution in [2.24, 2.45) is 0 Å². The van der Waals surface area contributed by atoms with Crippen LogP contribution in [-0.2, 0) is 4.74 Å². The number of nitrogens with one attached hydrogen (secondary N) is 2. The molecule has 2 heterocycles. The van der Waals surface area contributed by atoms with Crippen molar-refractivity contribution in [1.82, 2.24) is 15.2 Å². The molecule has 1 aliphatic heterocycles. The number of carbonyl (C=O) groups is 1. The molecule has 1 aromatic rings. The Balaban J connectivity index is 1.90. The number of anilines is 1. The molecule has 2 rings (SSSR count). The normalized spacial score (nSPS) is 19.2. The van der Waals surface area contributed by atoms with Crippen LogP contribution in [0.1, 0.15) is 24.2 Å². The van der Waals surface area contributed by atoms with Gasteiger partial charge in [-0.3, -0.25) is 14.7 Å². The number of hydrogen-bond donors (Lipinski definition) is 2. The van der Waals surface area contributed by atoms with Gasteiger partial charge in [0.15, 0.2) is 0 Å². The summed E-state index contributed by atoms with van der Waals surface area (Å²) in [6.45, 7) is 9.00. The Hall–Kier alpha value is -1.66. The van der Waals surface area contributed by atoms with Gasteiger partial charge in [0.05, 0.1) is 30.2 Å². The molecule has 1 fully saturated rings. The third-order valence-electron chi connectivity index (χ3n) is 3.59. The van der Waals surface area contributed by atoms with Crippen molar-refractivity contribution in [3.63, 3.8) is 0 Å². The summed E-state index contributed by atoms with van der Waals surface area (Å²) in [7, 11) is 0. The average Bonchev–Trinajstić information content (AvgIpc) is 2.53. The van der Waals surface area contributed by atoms with E-state index in [4.69, 9.17) is 4.74 Å². The number of morpholine rings is 1. The Morgan fingerprint density at radius 3 is 3.14 bits per heavy atom. The molecule has 1 unspecified atom stereocenters. The first-order valence-electron chi connectivity index (χ1n) is 7.54. The van der Waals surface area contributed by atoms with Crippen LogP contribution in [0, 0.1) is 0 Å². The third-order valence-corrected chi connectivity index (χ3v) is 3.59. The van der Waals surface area contributed by atoms with Gasteiger partial charge in [0.2, 0.25) is 0 Å². The Kier molecular flexibility index (Phi) is 5.95. The van der Waals surface area contributed by atoms with Crippen molar-refractivity contribution in [3.8, 4) is 0 Å². The predicted molar refractivity (Wildman–Crippen MR) is 82.6 cm³/mol. The number of pyridine rings is 1. The van der Waals surface area contributed by atoms with Crippen LogP contribution in [-0.4, -0.2) is 61.2 Å². The molecule has 6 heteroatoms. The number of rotatable bonds is 6. The summed E-state index contributed by atoms with van der Waals surface area (Å²) in [6.07, 6.45) is 3.37. The lowest BCUT2D eigenvalue weighted by Gasteiger charge is -2.32. The fraction of sp³-hybridized carbons (Fsp3) is 0.600. The molecular formula is C15H24N4O2. The number of nitrogens with zero attached hydrogens (tertiary/aromatic N) is 2. The second-order valence-corrected chi connectivity index (χ2v) is 5.05. The predicted octanol–water partition coefficient (Wildman–Crippen LogP) is 0.964. The van der Waals surface area contributed by atoms with E-state index in [-0.39, 0.29) is 12.0 Å². The number of amides is 1. The van der Waals surface area contributed by atoms with Gasteiger partial charge in [-0.2, -0.15) is 0 Å². The fourth-order valence-corrected chi connectivity index (χ4v) is 2.42. The highest BCUT2D eigenvalue weighted by atomic mass is 16.5. The fourth-order valence-electron chi connectivity index (χ4n) is 2.42. The minimum Gasteiger partial charge on any atom is -0.383 e. The monoisotopic (exact) mass is 292 g/mol. The maximum absolute atomic E-state index is 12.3. The second-order valence-electron chi connectivity index (χ2n) is 5.05. The summed E-state index contributed by atoms with van der Waals surface area (Å²) < 4.78 is 5.69. The highest BCUT2D eigenvalue weighted by Crippen LogP contribution is 2.13. The molecule has 0 radical (unpaired) electrons. The van der Waals surface area contributed by atoms with E-state index in [1.54, 1.807) is 18.5 Å². The lowest BCUT2D eigenvalue weighted by Crippen LogP contribution is -2.47. The van der Waals surface area contributed by atoms with Crippen LogP contribution < -0.4 is 10.6 Å². The van der Waals surface area contributed by atoms with E-state index in [0.717, 1.165) is 38.5 Å². The van der Waals surface area contributed by atoms with Crippen LogP contribution in [0.25, 0.3) is 0 Å². The molecule has 1 atom stereocenters. The minimum absolute atomic E-state index is 0.0621. The Morgan fingerprint density at radius 1 is 1.52 bits per heavy atom. The summed E-state index contributed by atoms with van der Waals surface area (Å²) in [5.74, 6) is -0.0921. The van der Waals surface area contributed by atoms with E-state index < -0.39 is 0 Å². The average molecular weight is 292 g/mol. The van der Waals surface area contributed by atoms with Crippen LogP contribution in [0.2, 0.25) is 0 Å². The topological polar surface area (TPSA) is 66.5 Å². The van der Waals surface area contributed by atoms with Crippen LogP contribution in [0.4, 0.5) is 5.69 Å². The molecular weight excluding hydrogens is 268 g/mol. The molecule has 0 bridgehead atoms. The molecule has 1 aromatic heterocycles. The maximum atomic E-state index is 12.3. The lowest BCUT2D eigenvalue weighted by atomic mass is 10.2. The van der Waals surface area contributed by atoms with Crippen molar-refractivity contribution in [3.05, 3.63) is 24.0 Å². The zero-order valence-electron chi connectivity index (χ0n) is 12.8. The maximum Gasteiger partial charge on any atom is 0.253 e. The molecule has 0 aliphatic carbocycles. The van der Waals surface area contributed by atoms with E-state index in [9.17, 15) is 4.79 Å². The Bertz CT molecular complexity index is 467. The van der Waals surface area contributed by atoms with Crippen LogP contribution >= 0.6 is 0 Å². The molecule has 6 nitrogen and oxygen atoms in total. The molecule has 2 N–H and O–H groups in total. The first kappa shape index (κ1) is 15.7. The van der Waals surface area contributed by atoms with Gasteiger partial charge in [0.25, 0.3) is 5.91 Å². The summed E-state index contributed by atoms with van der Waals surface area (Å²) in [4.78, 5) is 18.7. The first-order valence-corrected chi connectivity index (χ1v) is 7.54. The molecule has 0 saturated carbocycles. The van der Waals surface area contributed by atoms with Crippen LogP contribution in [0.15, 0.2) is 18.5 Å². The molecule has 21 heavy (non-hydrogen) atoms. The van der Waals surface area contributed by atoms with Crippen LogP contribution in [0.5, 0.6) is 0 Å². The van der Waals surface area contributed by atoms with Crippen molar-refractivity contribution in [1.29, 1.82) is 0 Å². The van der Waals surface area contributed by atoms with Gasteiger partial charge in [0, 0.05) is 32.4 Å². The standard InChI is InChI=1S/C15H24N4O2/c1-3-17-14-10-16-6-5-13(14)15(20)18-9-12-11-19(4-2)7-8-21-12/h5-6,10,12,17H,3-4,7-9,11H2,1-2H3,(H,18,20). The Labute approximate surface area is 125 Å². The first-order chi connectivity index (χ1) is 10.2. The second kappa shape index (κ2) is 7.95. The number of ether oxygens (including phenoxy) is 1. The summed E-state index contributed by atoms with van der Waals surface area (Å²) in [5, 5.41) is 6.10. The molecule has 1 saturated heterocycles. The zero-order valence-corrected chi connectivity index (χ0v) is 12.8. The largest absolute Gasteiger partial charge is 0.383 e. The van der Waals surface area contributed by atoms with Crippen molar-refractivity contribution >= 4 is 11.6 Å². The van der Waals surface area contributed by atoms with Gasteiger partial charge in [0.1, 0.15) is 0 Å². The van der Waals surface area contributed by atoms with Crippen LogP contribution in [0.3, 0.4) is 0 Å². The highest BCUT2D eigenvalue weighted by Gasteiger charge is 2.20. The number of carbonyl (C=O) groups excluding carboxylic acids is 1. The number of likely N-dealkylation sites (N-methyl/N-ethyl adjacent to an activating group) is 1. The van der Waals surface area contributed by atoms with E-state index in [1.807, 2.05) is 6.92 Å². The number of aromatic nitrogens is 1. The molecule has 1 aliphatic rings. The van der Waals surface area contributed by atoms with E-state index in [0.29, 0.717) is 12.1 Å². The lowest BCUT2D eigenvalue weighted by molar-refractivity contribution is -0.0246. The summed E-state index contributed by atoms with van der Waals surface area (Å²) >= 11 is 0. The van der Waals surface area contributed by atoms with Gasteiger partial charge >= 0.3 is 0 Å². The Morgan fingerprint density at radius 2 is 2.38 bits per heavy atom. The van der Waals surface area contributed by atoms with Gasteiger partial charge in [-0.05, 0) is 19.5 Å².